The summed E-state index contributed by atoms with van der Waals surface area (Å²) in [6, 6.07) is 7.75. The normalized spacial score (nSPS) is 45.6. The molecule has 2 aliphatic heterocycles. The SMILES string of the molecule is C=Cc1cccc(OCCO/N=C2\C=C[C@@]3(C)C(=C2)CC[C@H]2[C@@H]4C[C@H](C)[C@@]5(OCOC56COCO6)[C@@]4(C)C[C@H](O)[C@@]23Cl)c1. The van der Waals surface area contributed by atoms with Crippen LogP contribution in [0, 0.1) is 28.6 Å². The van der Waals surface area contributed by atoms with E-state index in [0.29, 0.717) is 26.2 Å². The second-order valence-electron chi connectivity index (χ2n) is 13.5. The lowest BCUT2D eigenvalue weighted by atomic mass is 9.45. The minimum Gasteiger partial charge on any atom is -0.490 e. The van der Waals surface area contributed by atoms with Gasteiger partial charge in [-0.2, -0.15) is 0 Å². The second-order valence-corrected chi connectivity index (χ2v) is 14.1. The number of hydrogen-bond donors (Lipinski definition) is 1. The van der Waals surface area contributed by atoms with Crippen LogP contribution in [0.15, 0.2) is 59.8 Å². The number of hydrogen-bond acceptors (Lipinski definition) is 8. The van der Waals surface area contributed by atoms with Crippen molar-refractivity contribution in [2.24, 2.45) is 33.7 Å². The zero-order valence-electron chi connectivity index (χ0n) is 25.2. The van der Waals surface area contributed by atoms with Crippen LogP contribution in [0.25, 0.3) is 6.08 Å². The van der Waals surface area contributed by atoms with E-state index < -0.39 is 33.2 Å². The molecule has 1 aromatic carbocycles. The summed E-state index contributed by atoms with van der Waals surface area (Å²) < 4.78 is 30.4. The van der Waals surface area contributed by atoms with Crippen LogP contribution in [0.1, 0.15) is 52.0 Å². The Morgan fingerprint density at radius 2 is 2.00 bits per heavy atom. The minimum atomic E-state index is -0.956. The number of aliphatic hydroxyl groups excluding tert-OH is 1. The summed E-state index contributed by atoms with van der Waals surface area (Å²) in [7, 11) is 0. The Kier molecular flexibility index (Phi) is 7.16. The fourth-order valence-corrected chi connectivity index (χ4v) is 10.4. The van der Waals surface area contributed by atoms with Gasteiger partial charge in [-0.25, -0.2) is 0 Å². The van der Waals surface area contributed by atoms with Gasteiger partial charge < -0.3 is 33.6 Å². The molecule has 2 saturated heterocycles. The lowest BCUT2D eigenvalue weighted by molar-refractivity contribution is -0.264. The summed E-state index contributed by atoms with van der Waals surface area (Å²) in [5, 5.41) is 16.5. The molecule has 6 aliphatic rings. The van der Waals surface area contributed by atoms with E-state index >= 15 is 0 Å². The number of aliphatic hydroxyl groups is 1. The zero-order chi connectivity index (χ0) is 30.1. The Morgan fingerprint density at radius 1 is 1.16 bits per heavy atom. The third-order valence-corrected chi connectivity index (χ3v) is 12.6. The van der Waals surface area contributed by atoms with Crippen molar-refractivity contribution in [2.45, 2.75) is 68.8 Å². The Balaban J connectivity index is 1.09. The van der Waals surface area contributed by atoms with Crippen LogP contribution in [0.2, 0.25) is 0 Å². The molecule has 1 aromatic rings. The topological polar surface area (TPSA) is 88.0 Å². The summed E-state index contributed by atoms with van der Waals surface area (Å²) in [6.45, 7) is 11.8. The average molecular weight is 612 g/mol. The van der Waals surface area contributed by atoms with Gasteiger partial charge in [0.1, 0.15) is 30.3 Å². The molecule has 0 radical (unpaired) electrons. The van der Waals surface area contributed by atoms with Gasteiger partial charge >= 0.3 is 0 Å². The van der Waals surface area contributed by atoms with Crippen LogP contribution in [-0.4, -0.2) is 66.6 Å². The van der Waals surface area contributed by atoms with E-state index in [4.69, 9.17) is 40.1 Å². The fourth-order valence-electron chi connectivity index (χ4n) is 9.85. The molecule has 9 heteroatoms. The number of rotatable bonds is 6. The molecule has 9 atom stereocenters. The lowest BCUT2D eigenvalue weighted by Gasteiger charge is -2.64. The first-order chi connectivity index (χ1) is 20.6. The van der Waals surface area contributed by atoms with E-state index in [0.717, 1.165) is 36.3 Å². The Morgan fingerprint density at radius 3 is 2.79 bits per heavy atom. The van der Waals surface area contributed by atoms with Gasteiger partial charge in [-0.1, -0.05) is 62.4 Å². The molecule has 43 heavy (non-hydrogen) atoms. The molecule has 0 aromatic heterocycles. The number of fused-ring (bicyclic) bond motifs is 7. The van der Waals surface area contributed by atoms with Crippen molar-refractivity contribution in [3.63, 3.8) is 0 Å². The molecular weight excluding hydrogens is 570 g/mol. The van der Waals surface area contributed by atoms with Crippen molar-refractivity contribution in [3.8, 4) is 5.75 Å². The van der Waals surface area contributed by atoms with E-state index in [1.807, 2.05) is 30.3 Å². The van der Waals surface area contributed by atoms with E-state index in [-0.39, 0.29) is 31.3 Å². The third-order valence-electron chi connectivity index (χ3n) is 11.7. The van der Waals surface area contributed by atoms with Gasteiger partial charge in [0, 0.05) is 10.8 Å². The molecule has 232 valence electrons. The molecule has 0 bridgehead atoms. The number of oxime groups is 1. The van der Waals surface area contributed by atoms with Crippen LogP contribution in [0.4, 0.5) is 0 Å². The second kappa shape index (κ2) is 10.4. The van der Waals surface area contributed by atoms with Gasteiger partial charge in [0.25, 0.3) is 0 Å². The molecule has 1 N–H and O–H groups in total. The smallest absolute Gasteiger partial charge is 0.227 e. The van der Waals surface area contributed by atoms with Gasteiger partial charge in [-0.15, -0.1) is 11.6 Å². The maximum absolute atomic E-state index is 12.1. The van der Waals surface area contributed by atoms with Crippen molar-refractivity contribution < 1.29 is 33.6 Å². The number of benzene rings is 1. The summed E-state index contributed by atoms with van der Waals surface area (Å²) in [4.78, 5) is 4.74. The highest BCUT2D eigenvalue weighted by Crippen LogP contribution is 2.74. The maximum atomic E-state index is 12.1. The number of ether oxygens (including phenoxy) is 5. The Hall–Kier alpha value is -2.20. The fraction of sp³-hybridized carbons (Fsp3) is 0.618. The maximum Gasteiger partial charge on any atom is 0.227 e. The Bertz CT molecular complexity index is 1370. The molecular formula is C34H42ClNO7. The van der Waals surface area contributed by atoms with Gasteiger partial charge in [-0.3, -0.25) is 0 Å². The standard InChI is InChI=1S/C34H42ClNO7/c1-5-23-7-6-8-26(16-23)39-13-14-43-36-25-11-12-30(3)24(17-25)9-10-27-28-15-22(2)34(31(28,4)18-29(37)33(27,30)35)32(41-21-42-34)19-38-20-40-32/h5-8,11-12,16-17,22,27-29,37H,1,9-10,13-15,18-21H2,2-4H3/b36-25+/t22-,27-,28-,29-,30-,31-,32?,33-,34+/m0/s1. The molecule has 4 aliphatic carbocycles. The predicted molar refractivity (Wildman–Crippen MR) is 162 cm³/mol. The molecule has 8 nitrogen and oxygen atoms in total. The predicted octanol–water partition coefficient (Wildman–Crippen LogP) is 5.84. The Labute approximate surface area is 258 Å². The highest BCUT2D eigenvalue weighted by atomic mass is 35.5. The van der Waals surface area contributed by atoms with E-state index in [1.165, 1.54) is 5.57 Å². The molecule has 2 heterocycles. The van der Waals surface area contributed by atoms with E-state index in [2.05, 4.69) is 44.7 Å². The zero-order valence-corrected chi connectivity index (χ0v) is 26.0. The van der Waals surface area contributed by atoms with Crippen LogP contribution >= 0.6 is 11.6 Å². The van der Waals surface area contributed by atoms with Crippen molar-refractivity contribution in [1.29, 1.82) is 0 Å². The highest BCUT2D eigenvalue weighted by molar-refractivity contribution is 6.26. The highest BCUT2D eigenvalue weighted by Gasteiger charge is 2.81. The van der Waals surface area contributed by atoms with Crippen molar-refractivity contribution in [2.75, 3.05) is 33.4 Å². The number of allylic oxidation sites excluding steroid dienone is 4. The van der Waals surface area contributed by atoms with Crippen LogP contribution < -0.4 is 4.74 Å². The van der Waals surface area contributed by atoms with Gasteiger partial charge in [-0.05, 0) is 73.3 Å². The number of halogens is 1. The molecule has 5 fully saturated rings. The van der Waals surface area contributed by atoms with Gasteiger partial charge in [0.15, 0.2) is 20.2 Å². The lowest BCUT2D eigenvalue weighted by Crippen LogP contribution is -2.71. The first kappa shape index (κ1) is 29.5. The van der Waals surface area contributed by atoms with Crippen LogP contribution in [0.3, 0.4) is 0 Å². The van der Waals surface area contributed by atoms with Crippen molar-refractivity contribution in [1.82, 2.24) is 0 Å². The van der Waals surface area contributed by atoms with Crippen molar-refractivity contribution in [3.05, 3.63) is 60.2 Å². The molecule has 3 saturated carbocycles. The number of nitrogens with zero attached hydrogens (tertiary/aromatic N) is 1. The molecule has 0 amide bonds. The molecule has 7 rings (SSSR count). The first-order valence-electron chi connectivity index (χ1n) is 15.5. The third kappa shape index (κ3) is 3.96. The average Bonchev–Trinajstić information content (AvgIpc) is 3.69. The number of alkyl halides is 1. The largest absolute Gasteiger partial charge is 0.490 e. The molecule has 2 spiro atoms. The summed E-state index contributed by atoms with van der Waals surface area (Å²) >= 11 is 7.77. The van der Waals surface area contributed by atoms with E-state index in [1.54, 1.807) is 6.08 Å². The van der Waals surface area contributed by atoms with Crippen LogP contribution in [-0.2, 0) is 23.8 Å². The first-order valence-corrected chi connectivity index (χ1v) is 15.8. The van der Waals surface area contributed by atoms with Gasteiger partial charge in [0.2, 0.25) is 5.79 Å². The monoisotopic (exact) mass is 611 g/mol. The quantitative estimate of drug-likeness (QED) is 0.246. The summed E-state index contributed by atoms with van der Waals surface area (Å²) in [5.74, 6) is 0.261. The molecule has 1 unspecified atom stereocenters. The van der Waals surface area contributed by atoms with Crippen molar-refractivity contribution >= 4 is 23.4 Å². The van der Waals surface area contributed by atoms with E-state index in [9.17, 15) is 5.11 Å². The minimum absolute atomic E-state index is 0.0755. The summed E-state index contributed by atoms with van der Waals surface area (Å²) in [6.07, 6.45) is 10.4. The summed E-state index contributed by atoms with van der Waals surface area (Å²) in [5.41, 5.74) is 1.27. The van der Waals surface area contributed by atoms with Gasteiger partial charge in [0.05, 0.1) is 11.0 Å². The van der Waals surface area contributed by atoms with Crippen LogP contribution in [0.5, 0.6) is 5.75 Å².